The SMILES string of the molecule is O=S(=O)(O)n1cccc1Cc1cccn1S(=O)(=O)O. The van der Waals surface area contributed by atoms with Gasteiger partial charge in [-0.05, 0) is 24.3 Å². The molecule has 0 saturated heterocycles. The van der Waals surface area contributed by atoms with E-state index in [4.69, 9.17) is 9.11 Å². The van der Waals surface area contributed by atoms with Gasteiger partial charge in [0.05, 0.1) is 0 Å². The van der Waals surface area contributed by atoms with E-state index in [1.54, 1.807) is 0 Å². The van der Waals surface area contributed by atoms with Gasteiger partial charge in [-0.15, -0.1) is 0 Å². The van der Waals surface area contributed by atoms with Gasteiger partial charge in [-0.3, -0.25) is 9.11 Å². The van der Waals surface area contributed by atoms with Crippen LogP contribution in [0.4, 0.5) is 0 Å². The second-order valence-electron chi connectivity index (χ2n) is 3.72. The molecular formula is C9H10N2O6S2. The fourth-order valence-corrected chi connectivity index (χ4v) is 3.00. The molecule has 104 valence electrons. The summed E-state index contributed by atoms with van der Waals surface area (Å²) in [6.45, 7) is 0. The Hall–Kier alpha value is -1.62. The zero-order valence-corrected chi connectivity index (χ0v) is 11.0. The molecule has 0 bridgehead atoms. The van der Waals surface area contributed by atoms with E-state index >= 15 is 0 Å². The number of aromatic nitrogens is 2. The molecule has 0 radical (unpaired) electrons. The smallest absolute Gasteiger partial charge is 0.269 e. The minimum atomic E-state index is -4.45. The van der Waals surface area contributed by atoms with Crippen LogP contribution in [-0.2, 0) is 27.0 Å². The van der Waals surface area contributed by atoms with Gasteiger partial charge >= 0.3 is 20.6 Å². The van der Waals surface area contributed by atoms with E-state index in [0.29, 0.717) is 7.94 Å². The molecule has 0 amide bonds. The first-order valence-corrected chi connectivity index (χ1v) is 7.77. The summed E-state index contributed by atoms with van der Waals surface area (Å²) in [5.74, 6) is 0. The van der Waals surface area contributed by atoms with Gasteiger partial charge < -0.3 is 0 Å². The maximum absolute atomic E-state index is 11.1. The third-order valence-electron chi connectivity index (χ3n) is 2.45. The molecule has 0 saturated carbocycles. The Bertz CT molecular complexity index is 731. The lowest BCUT2D eigenvalue weighted by molar-refractivity contribution is 0.471. The van der Waals surface area contributed by atoms with Crippen molar-refractivity contribution in [2.24, 2.45) is 0 Å². The van der Waals surface area contributed by atoms with Crippen LogP contribution < -0.4 is 0 Å². The highest BCUT2D eigenvalue weighted by atomic mass is 32.2. The van der Waals surface area contributed by atoms with Crippen LogP contribution in [0.2, 0.25) is 0 Å². The predicted octanol–water partition coefficient (Wildman–Crippen LogP) is 0.182. The van der Waals surface area contributed by atoms with E-state index in [1.807, 2.05) is 0 Å². The van der Waals surface area contributed by atoms with Gasteiger partial charge in [-0.25, -0.2) is 7.94 Å². The summed E-state index contributed by atoms with van der Waals surface area (Å²) in [6.07, 6.45) is 2.16. The van der Waals surface area contributed by atoms with Crippen LogP contribution in [0.15, 0.2) is 36.7 Å². The van der Waals surface area contributed by atoms with Crippen LogP contribution in [0.25, 0.3) is 0 Å². The molecule has 0 fully saturated rings. The van der Waals surface area contributed by atoms with Gasteiger partial charge in [0.25, 0.3) is 0 Å². The van der Waals surface area contributed by atoms with Crippen molar-refractivity contribution in [1.29, 1.82) is 0 Å². The molecule has 0 aliphatic rings. The minimum absolute atomic E-state index is 0.0976. The van der Waals surface area contributed by atoms with Crippen molar-refractivity contribution in [2.45, 2.75) is 6.42 Å². The van der Waals surface area contributed by atoms with Crippen LogP contribution in [0.1, 0.15) is 11.4 Å². The van der Waals surface area contributed by atoms with Crippen molar-refractivity contribution in [1.82, 2.24) is 7.94 Å². The first-order chi connectivity index (χ1) is 8.69. The Morgan fingerprint density at radius 1 is 0.842 bits per heavy atom. The Morgan fingerprint density at radius 2 is 1.21 bits per heavy atom. The van der Waals surface area contributed by atoms with Crippen molar-refractivity contribution in [2.75, 3.05) is 0 Å². The van der Waals surface area contributed by atoms with Crippen molar-refractivity contribution < 1.29 is 25.9 Å². The molecule has 2 aromatic rings. The summed E-state index contributed by atoms with van der Waals surface area (Å²) in [7, 11) is -8.89. The van der Waals surface area contributed by atoms with Crippen LogP contribution >= 0.6 is 0 Å². The van der Waals surface area contributed by atoms with Crippen LogP contribution in [0.3, 0.4) is 0 Å². The highest BCUT2D eigenvalue weighted by molar-refractivity contribution is 7.84. The Balaban J connectivity index is 2.45. The number of hydrogen-bond donors (Lipinski definition) is 2. The molecule has 0 aromatic carbocycles. The second-order valence-corrected chi connectivity index (χ2v) is 6.30. The second kappa shape index (κ2) is 4.49. The van der Waals surface area contributed by atoms with Crippen molar-refractivity contribution in [3.8, 4) is 0 Å². The zero-order chi connectivity index (χ0) is 14.3. The molecule has 0 atom stereocenters. The number of nitrogens with zero attached hydrogens (tertiary/aromatic N) is 2. The van der Waals surface area contributed by atoms with Crippen molar-refractivity contribution in [3.05, 3.63) is 48.0 Å². The third kappa shape index (κ3) is 2.87. The quantitative estimate of drug-likeness (QED) is 0.778. The molecule has 10 heteroatoms. The van der Waals surface area contributed by atoms with Gasteiger partial charge in [0.1, 0.15) is 0 Å². The predicted molar refractivity (Wildman–Crippen MR) is 65.6 cm³/mol. The van der Waals surface area contributed by atoms with Gasteiger partial charge in [0.2, 0.25) is 0 Å². The summed E-state index contributed by atoms with van der Waals surface area (Å²) in [5, 5.41) is 0. The maximum Gasteiger partial charge on any atom is 0.363 e. The summed E-state index contributed by atoms with van der Waals surface area (Å²) in [6, 6.07) is 5.61. The Labute approximate surface area is 109 Å². The van der Waals surface area contributed by atoms with E-state index in [1.165, 1.54) is 24.3 Å². The highest BCUT2D eigenvalue weighted by Crippen LogP contribution is 2.14. The van der Waals surface area contributed by atoms with E-state index in [9.17, 15) is 16.8 Å². The van der Waals surface area contributed by atoms with E-state index in [0.717, 1.165) is 12.4 Å². The lowest BCUT2D eigenvalue weighted by Gasteiger charge is -2.07. The fourth-order valence-electron chi connectivity index (χ4n) is 1.71. The molecule has 2 rings (SSSR count). The minimum Gasteiger partial charge on any atom is -0.269 e. The number of rotatable bonds is 4. The molecule has 0 spiro atoms. The van der Waals surface area contributed by atoms with Gasteiger partial charge in [0.15, 0.2) is 0 Å². The lowest BCUT2D eigenvalue weighted by atomic mass is 10.2. The van der Waals surface area contributed by atoms with E-state index < -0.39 is 20.6 Å². The maximum atomic E-state index is 11.1. The molecule has 2 aromatic heterocycles. The lowest BCUT2D eigenvalue weighted by Crippen LogP contribution is -2.16. The monoisotopic (exact) mass is 306 g/mol. The molecular weight excluding hydrogens is 296 g/mol. The summed E-state index contributed by atoms with van der Waals surface area (Å²) in [4.78, 5) is 0. The Kier molecular flexibility index (Phi) is 3.26. The topological polar surface area (TPSA) is 119 Å². The van der Waals surface area contributed by atoms with Gasteiger partial charge in [0, 0.05) is 30.2 Å². The summed E-state index contributed by atoms with van der Waals surface area (Å²) in [5.41, 5.74) is 0.317. The molecule has 19 heavy (non-hydrogen) atoms. The molecule has 0 unspecified atom stereocenters. The van der Waals surface area contributed by atoms with E-state index in [2.05, 4.69) is 0 Å². The van der Waals surface area contributed by atoms with Crippen LogP contribution in [-0.4, -0.2) is 33.9 Å². The van der Waals surface area contributed by atoms with Crippen LogP contribution in [0.5, 0.6) is 0 Å². The fraction of sp³-hybridized carbons (Fsp3) is 0.111. The standard InChI is InChI=1S/C9H10N2O6S2/c12-18(13,14)10-5-1-3-8(10)7-9-4-2-6-11(9)19(15,16)17/h1-6H,7H2,(H,12,13,14)(H,15,16,17). The molecule has 2 heterocycles. The average molecular weight is 306 g/mol. The van der Waals surface area contributed by atoms with E-state index in [-0.39, 0.29) is 17.8 Å². The molecule has 2 N–H and O–H groups in total. The molecule has 0 aliphatic carbocycles. The van der Waals surface area contributed by atoms with Gasteiger partial charge in [-0.1, -0.05) is 0 Å². The zero-order valence-electron chi connectivity index (χ0n) is 9.41. The van der Waals surface area contributed by atoms with Gasteiger partial charge in [-0.2, -0.15) is 16.8 Å². The molecule has 8 nitrogen and oxygen atoms in total. The first-order valence-electron chi connectivity index (χ1n) is 4.98. The average Bonchev–Trinajstić information content (AvgIpc) is 2.83. The first kappa shape index (κ1) is 13.8. The normalized spacial score (nSPS) is 12.7. The van der Waals surface area contributed by atoms with Crippen molar-refractivity contribution in [3.63, 3.8) is 0 Å². The number of hydrogen-bond acceptors (Lipinski definition) is 4. The van der Waals surface area contributed by atoms with Crippen molar-refractivity contribution >= 4 is 20.6 Å². The highest BCUT2D eigenvalue weighted by Gasteiger charge is 2.17. The largest absolute Gasteiger partial charge is 0.363 e. The van der Waals surface area contributed by atoms with Crippen LogP contribution in [0, 0.1) is 0 Å². The Morgan fingerprint density at radius 3 is 1.53 bits per heavy atom. The third-order valence-corrected chi connectivity index (χ3v) is 4.15. The summed E-state index contributed by atoms with van der Waals surface area (Å²) < 4.78 is 63.5. The molecule has 0 aliphatic heterocycles. The summed E-state index contributed by atoms with van der Waals surface area (Å²) >= 11 is 0.